The van der Waals surface area contributed by atoms with Gasteiger partial charge in [-0.2, -0.15) is 0 Å². The molecule has 0 aromatic heterocycles. The molecule has 1 heterocycles. The minimum atomic E-state index is 0.203. The fraction of sp³-hybridized carbons (Fsp3) is 0.600. The molecule has 1 saturated heterocycles. The first kappa shape index (κ1) is 14.6. The summed E-state index contributed by atoms with van der Waals surface area (Å²) in [5.41, 5.74) is 2.58. The van der Waals surface area contributed by atoms with Gasteiger partial charge < -0.3 is 10.2 Å². The molecular formula is C15H24ClN3. The monoisotopic (exact) mass is 281 g/mol. The lowest BCUT2D eigenvalue weighted by molar-refractivity contribution is 0.139. The summed E-state index contributed by atoms with van der Waals surface area (Å²) >= 11 is 6.35. The van der Waals surface area contributed by atoms with E-state index in [1.54, 1.807) is 0 Å². The molecule has 0 spiro atoms. The predicted octanol–water partition coefficient (Wildman–Crippen LogP) is 2.59. The number of benzene rings is 1. The Hall–Kier alpha value is -0.770. The molecule has 1 N–H and O–H groups in total. The van der Waals surface area contributed by atoms with E-state index in [1.807, 2.05) is 7.05 Å². The van der Waals surface area contributed by atoms with Crippen LogP contribution in [0.1, 0.15) is 19.4 Å². The van der Waals surface area contributed by atoms with Gasteiger partial charge in [0, 0.05) is 42.4 Å². The molecular weight excluding hydrogens is 258 g/mol. The molecule has 19 heavy (non-hydrogen) atoms. The zero-order valence-electron chi connectivity index (χ0n) is 12.3. The minimum Gasteiger partial charge on any atom is -0.368 e. The molecule has 0 radical (unpaired) electrons. The van der Waals surface area contributed by atoms with E-state index in [0.717, 1.165) is 36.8 Å². The van der Waals surface area contributed by atoms with Gasteiger partial charge in [-0.3, -0.25) is 4.90 Å². The fourth-order valence-electron chi connectivity index (χ4n) is 2.53. The standard InChI is InChI=1S/C15H24ClN3/c1-15(2)11-19(8-7-18(15)4)13-6-5-12(10-17-3)14(16)9-13/h5-6,9,17H,7-8,10-11H2,1-4H3. The van der Waals surface area contributed by atoms with Crippen molar-refractivity contribution >= 4 is 17.3 Å². The number of likely N-dealkylation sites (N-methyl/N-ethyl adjacent to an activating group) is 1. The van der Waals surface area contributed by atoms with Gasteiger partial charge >= 0.3 is 0 Å². The van der Waals surface area contributed by atoms with Crippen LogP contribution in [0.3, 0.4) is 0 Å². The van der Waals surface area contributed by atoms with Crippen molar-refractivity contribution in [2.24, 2.45) is 0 Å². The van der Waals surface area contributed by atoms with Gasteiger partial charge in [-0.1, -0.05) is 17.7 Å². The lowest BCUT2D eigenvalue weighted by Gasteiger charge is -2.46. The Kier molecular flexibility index (Phi) is 4.39. The van der Waals surface area contributed by atoms with E-state index < -0.39 is 0 Å². The highest BCUT2D eigenvalue weighted by Gasteiger charge is 2.31. The summed E-state index contributed by atoms with van der Waals surface area (Å²) in [5.74, 6) is 0. The van der Waals surface area contributed by atoms with Gasteiger partial charge in [-0.05, 0) is 45.6 Å². The lowest BCUT2D eigenvalue weighted by Crippen LogP contribution is -2.57. The van der Waals surface area contributed by atoms with E-state index in [-0.39, 0.29) is 5.54 Å². The van der Waals surface area contributed by atoms with Crippen LogP contribution in [0, 0.1) is 0 Å². The second kappa shape index (κ2) is 5.70. The third-order valence-electron chi connectivity index (χ3n) is 4.09. The molecule has 4 heteroatoms. The van der Waals surface area contributed by atoms with Crippen molar-refractivity contribution in [1.29, 1.82) is 0 Å². The Morgan fingerprint density at radius 2 is 2.05 bits per heavy atom. The zero-order valence-corrected chi connectivity index (χ0v) is 13.1. The van der Waals surface area contributed by atoms with Crippen LogP contribution in [0.4, 0.5) is 5.69 Å². The van der Waals surface area contributed by atoms with Crippen molar-refractivity contribution in [3.63, 3.8) is 0 Å². The average molecular weight is 282 g/mol. The maximum Gasteiger partial charge on any atom is 0.0471 e. The van der Waals surface area contributed by atoms with E-state index in [2.05, 4.69) is 54.2 Å². The molecule has 1 aliphatic rings. The zero-order chi connectivity index (χ0) is 14.0. The Balaban J connectivity index is 2.16. The summed E-state index contributed by atoms with van der Waals surface area (Å²) in [5, 5.41) is 3.99. The van der Waals surface area contributed by atoms with Gasteiger partial charge in [0.05, 0.1) is 0 Å². The highest BCUT2D eigenvalue weighted by Crippen LogP contribution is 2.28. The van der Waals surface area contributed by atoms with Crippen LogP contribution < -0.4 is 10.2 Å². The average Bonchev–Trinajstić information content (AvgIpc) is 2.35. The number of hydrogen-bond acceptors (Lipinski definition) is 3. The molecule has 0 aliphatic carbocycles. The normalized spacial score (nSPS) is 19.7. The molecule has 1 aliphatic heterocycles. The summed E-state index contributed by atoms with van der Waals surface area (Å²) in [4.78, 5) is 4.84. The number of nitrogens with one attached hydrogen (secondary N) is 1. The Labute approximate surface area is 121 Å². The van der Waals surface area contributed by atoms with Crippen molar-refractivity contribution in [2.75, 3.05) is 38.6 Å². The summed E-state index contributed by atoms with van der Waals surface area (Å²) < 4.78 is 0. The molecule has 2 rings (SSSR count). The maximum atomic E-state index is 6.35. The van der Waals surface area contributed by atoms with Gasteiger partial charge in [0.2, 0.25) is 0 Å². The molecule has 106 valence electrons. The van der Waals surface area contributed by atoms with E-state index >= 15 is 0 Å². The molecule has 0 unspecified atom stereocenters. The van der Waals surface area contributed by atoms with Gasteiger partial charge in [-0.25, -0.2) is 0 Å². The molecule has 0 bridgehead atoms. The quantitative estimate of drug-likeness (QED) is 0.919. The Morgan fingerprint density at radius 3 is 2.63 bits per heavy atom. The van der Waals surface area contributed by atoms with E-state index in [0.29, 0.717) is 0 Å². The summed E-state index contributed by atoms with van der Waals surface area (Å²) in [6.07, 6.45) is 0. The third kappa shape index (κ3) is 3.22. The number of anilines is 1. The summed E-state index contributed by atoms with van der Waals surface area (Å²) in [7, 11) is 4.13. The maximum absolute atomic E-state index is 6.35. The minimum absolute atomic E-state index is 0.203. The Bertz CT molecular complexity index is 445. The van der Waals surface area contributed by atoms with Crippen LogP contribution in [-0.4, -0.2) is 44.2 Å². The molecule has 3 nitrogen and oxygen atoms in total. The van der Waals surface area contributed by atoms with E-state index in [4.69, 9.17) is 11.6 Å². The van der Waals surface area contributed by atoms with Gasteiger partial charge in [0.15, 0.2) is 0 Å². The number of piperazine rings is 1. The SMILES string of the molecule is CNCc1ccc(N2CCN(C)C(C)(C)C2)cc1Cl. The van der Waals surface area contributed by atoms with Crippen molar-refractivity contribution in [1.82, 2.24) is 10.2 Å². The molecule has 0 saturated carbocycles. The molecule has 1 aromatic rings. The largest absolute Gasteiger partial charge is 0.368 e. The van der Waals surface area contributed by atoms with Gasteiger partial charge in [-0.15, -0.1) is 0 Å². The van der Waals surface area contributed by atoms with Crippen LogP contribution in [0.2, 0.25) is 5.02 Å². The second-order valence-electron chi connectivity index (χ2n) is 5.96. The molecule has 1 aromatic carbocycles. The Morgan fingerprint density at radius 1 is 1.32 bits per heavy atom. The van der Waals surface area contributed by atoms with E-state index in [1.165, 1.54) is 5.69 Å². The molecule has 0 amide bonds. The lowest BCUT2D eigenvalue weighted by atomic mass is 9.99. The highest BCUT2D eigenvalue weighted by atomic mass is 35.5. The van der Waals surface area contributed by atoms with Gasteiger partial charge in [0.1, 0.15) is 0 Å². The first-order valence-electron chi connectivity index (χ1n) is 6.83. The molecule has 1 fully saturated rings. The van der Waals surface area contributed by atoms with Gasteiger partial charge in [0.25, 0.3) is 0 Å². The topological polar surface area (TPSA) is 18.5 Å². The summed E-state index contributed by atoms with van der Waals surface area (Å²) in [6, 6.07) is 6.40. The third-order valence-corrected chi connectivity index (χ3v) is 4.44. The fourth-order valence-corrected chi connectivity index (χ4v) is 2.77. The number of hydrogen-bond donors (Lipinski definition) is 1. The van der Waals surface area contributed by atoms with Crippen molar-refractivity contribution < 1.29 is 0 Å². The first-order chi connectivity index (χ1) is 8.94. The van der Waals surface area contributed by atoms with Crippen molar-refractivity contribution in [2.45, 2.75) is 25.9 Å². The number of halogens is 1. The highest BCUT2D eigenvalue weighted by molar-refractivity contribution is 6.31. The van der Waals surface area contributed by atoms with Crippen molar-refractivity contribution in [3.05, 3.63) is 28.8 Å². The smallest absolute Gasteiger partial charge is 0.0471 e. The van der Waals surface area contributed by atoms with Crippen LogP contribution >= 0.6 is 11.6 Å². The van der Waals surface area contributed by atoms with Crippen LogP contribution in [0.25, 0.3) is 0 Å². The van der Waals surface area contributed by atoms with E-state index in [9.17, 15) is 0 Å². The van der Waals surface area contributed by atoms with Crippen LogP contribution in [0.5, 0.6) is 0 Å². The van der Waals surface area contributed by atoms with Crippen LogP contribution in [0.15, 0.2) is 18.2 Å². The first-order valence-corrected chi connectivity index (χ1v) is 7.21. The van der Waals surface area contributed by atoms with Crippen molar-refractivity contribution in [3.8, 4) is 0 Å². The summed E-state index contributed by atoms with van der Waals surface area (Å²) in [6.45, 7) is 8.56. The number of rotatable bonds is 3. The molecule has 0 atom stereocenters. The number of nitrogens with zero attached hydrogens (tertiary/aromatic N) is 2. The predicted molar refractivity (Wildman–Crippen MR) is 83.1 cm³/mol. The van der Waals surface area contributed by atoms with Crippen LogP contribution in [-0.2, 0) is 6.54 Å². The second-order valence-corrected chi connectivity index (χ2v) is 6.37.